The van der Waals surface area contributed by atoms with Gasteiger partial charge in [-0.1, -0.05) is 42.5 Å². The second-order valence-corrected chi connectivity index (χ2v) is 8.34. The smallest absolute Gasteiger partial charge is 0.318 e. The number of amides is 2. The van der Waals surface area contributed by atoms with Crippen LogP contribution >= 0.6 is 0 Å². The molecule has 168 valence electrons. The van der Waals surface area contributed by atoms with Crippen LogP contribution in [0.4, 0.5) is 4.79 Å². The third-order valence-electron chi connectivity index (χ3n) is 5.40. The molecule has 3 aromatic rings. The molecule has 32 heavy (non-hydrogen) atoms. The van der Waals surface area contributed by atoms with Crippen LogP contribution in [0.2, 0.25) is 0 Å². The normalized spacial score (nSPS) is 13.2. The lowest BCUT2D eigenvalue weighted by Gasteiger charge is -2.25. The van der Waals surface area contributed by atoms with E-state index in [9.17, 15) is 4.79 Å². The van der Waals surface area contributed by atoms with Crippen molar-refractivity contribution in [3.8, 4) is 28.6 Å². The average Bonchev–Trinajstić information content (AvgIpc) is 3.58. The van der Waals surface area contributed by atoms with Gasteiger partial charge in [0.2, 0.25) is 5.88 Å². The number of rotatable bonds is 8. The van der Waals surface area contributed by atoms with Crippen molar-refractivity contribution in [2.75, 3.05) is 7.11 Å². The molecule has 2 amide bonds. The van der Waals surface area contributed by atoms with Crippen molar-refractivity contribution in [1.29, 1.82) is 0 Å². The topological polar surface area (TPSA) is 68.6 Å². The second-order valence-electron chi connectivity index (χ2n) is 8.34. The van der Waals surface area contributed by atoms with Crippen molar-refractivity contribution < 1.29 is 14.3 Å². The number of nitrogens with one attached hydrogen (secondary N) is 1. The van der Waals surface area contributed by atoms with E-state index in [1.807, 2.05) is 80.4 Å². The molecule has 0 atom stereocenters. The van der Waals surface area contributed by atoms with Gasteiger partial charge in [0.25, 0.3) is 0 Å². The third kappa shape index (κ3) is 4.72. The second kappa shape index (κ2) is 9.34. The Morgan fingerprint density at radius 3 is 2.41 bits per heavy atom. The molecule has 7 heteroatoms. The van der Waals surface area contributed by atoms with Crippen molar-refractivity contribution in [3.05, 3.63) is 60.2 Å². The Morgan fingerprint density at radius 2 is 1.78 bits per heavy atom. The highest BCUT2D eigenvalue weighted by Crippen LogP contribution is 2.39. The molecule has 1 saturated carbocycles. The Hall–Kier alpha value is -3.48. The van der Waals surface area contributed by atoms with E-state index in [2.05, 4.69) is 5.32 Å². The predicted octanol–water partition coefficient (Wildman–Crippen LogP) is 4.97. The van der Waals surface area contributed by atoms with Crippen LogP contribution < -0.4 is 14.8 Å². The molecule has 1 N–H and O–H groups in total. The molecular weight excluding hydrogens is 404 g/mol. The van der Waals surface area contributed by atoms with Crippen molar-refractivity contribution >= 4 is 6.03 Å². The molecule has 0 bridgehead atoms. The Bertz CT molecular complexity index is 1070. The van der Waals surface area contributed by atoms with Gasteiger partial charge in [0.1, 0.15) is 5.69 Å². The van der Waals surface area contributed by atoms with E-state index >= 15 is 0 Å². The maximum absolute atomic E-state index is 13.0. The third-order valence-corrected chi connectivity index (χ3v) is 5.40. The summed E-state index contributed by atoms with van der Waals surface area (Å²) in [6, 6.07) is 17.7. The van der Waals surface area contributed by atoms with Crippen LogP contribution in [0.1, 0.15) is 32.3 Å². The summed E-state index contributed by atoms with van der Waals surface area (Å²) in [5.74, 6) is 1.83. The molecule has 1 fully saturated rings. The molecule has 1 aliphatic carbocycles. The van der Waals surface area contributed by atoms with Crippen molar-refractivity contribution in [3.63, 3.8) is 0 Å². The van der Waals surface area contributed by atoms with Crippen LogP contribution in [0.15, 0.2) is 54.6 Å². The van der Waals surface area contributed by atoms with Gasteiger partial charge in [-0.3, -0.25) is 0 Å². The van der Waals surface area contributed by atoms with Gasteiger partial charge < -0.3 is 19.7 Å². The first kappa shape index (κ1) is 21.7. The van der Waals surface area contributed by atoms with E-state index in [4.69, 9.17) is 14.6 Å². The minimum atomic E-state index is -0.0615. The summed E-state index contributed by atoms with van der Waals surface area (Å²) in [6.07, 6.45) is 2.02. The highest BCUT2D eigenvalue weighted by Gasteiger charge is 2.35. The van der Waals surface area contributed by atoms with E-state index in [1.54, 1.807) is 11.8 Å². The number of nitrogens with zero attached hydrogens (tertiary/aromatic N) is 3. The first-order valence-electron chi connectivity index (χ1n) is 11.0. The van der Waals surface area contributed by atoms with E-state index in [0.717, 1.165) is 29.7 Å². The fourth-order valence-electron chi connectivity index (χ4n) is 3.71. The Labute approximate surface area is 188 Å². The van der Waals surface area contributed by atoms with Gasteiger partial charge in [0, 0.05) is 24.7 Å². The van der Waals surface area contributed by atoms with Crippen molar-refractivity contribution in [1.82, 2.24) is 20.0 Å². The lowest BCUT2D eigenvalue weighted by molar-refractivity contribution is 0.189. The number of carbonyl (C=O) groups excluding carboxylic acids is 1. The van der Waals surface area contributed by atoms with Crippen LogP contribution in [0.3, 0.4) is 0 Å². The van der Waals surface area contributed by atoms with Crippen LogP contribution in [-0.2, 0) is 13.6 Å². The van der Waals surface area contributed by atoms with Gasteiger partial charge in [0.15, 0.2) is 11.5 Å². The fraction of sp³-hybridized carbons (Fsp3) is 0.360. The summed E-state index contributed by atoms with van der Waals surface area (Å²) in [6.45, 7) is 4.35. The molecule has 0 unspecified atom stereocenters. The van der Waals surface area contributed by atoms with E-state index in [0.29, 0.717) is 23.9 Å². The van der Waals surface area contributed by atoms with Gasteiger partial charge in [-0.15, -0.1) is 0 Å². The van der Waals surface area contributed by atoms with Gasteiger partial charge in [-0.25, -0.2) is 9.48 Å². The summed E-state index contributed by atoms with van der Waals surface area (Å²) in [7, 11) is 3.48. The number of carbonyl (C=O) groups is 1. The number of aryl methyl sites for hydroxylation is 1. The molecular formula is C25H30N4O3. The first-order valence-corrected chi connectivity index (χ1v) is 11.0. The minimum Gasteiger partial charge on any atom is -0.493 e. The first-order chi connectivity index (χ1) is 15.5. The zero-order chi connectivity index (χ0) is 22.7. The zero-order valence-electron chi connectivity index (χ0n) is 19.0. The largest absolute Gasteiger partial charge is 0.493 e. The quantitative estimate of drug-likeness (QED) is 0.543. The van der Waals surface area contributed by atoms with Gasteiger partial charge in [-0.2, -0.15) is 5.10 Å². The predicted molar refractivity (Wildman–Crippen MR) is 124 cm³/mol. The molecule has 1 aromatic heterocycles. The number of hydrogen-bond acceptors (Lipinski definition) is 4. The number of ether oxygens (including phenoxy) is 2. The van der Waals surface area contributed by atoms with Crippen molar-refractivity contribution in [2.45, 2.75) is 45.3 Å². The summed E-state index contributed by atoms with van der Waals surface area (Å²) < 4.78 is 13.5. The van der Waals surface area contributed by atoms with E-state index in [-0.39, 0.29) is 18.1 Å². The van der Waals surface area contributed by atoms with Gasteiger partial charge in [0.05, 0.1) is 19.2 Å². The zero-order valence-corrected chi connectivity index (χ0v) is 19.0. The lowest BCUT2D eigenvalue weighted by atomic mass is 10.1. The summed E-state index contributed by atoms with van der Waals surface area (Å²) in [4.78, 5) is 14.9. The van der Waals surface area contributed by atoms with Gasteiger partial charge in [-0.05, 0) is 38.8 Å². The van der Waals surface area contributed by atoms with Gasteiger partial charge >= 0.3 is 6.03 Å². The van der Waals surface area contributed by atoms with Crippen molar-refractivity contribution in [2.24, 2.45) is 7.05 Å². The molecule has 1 heterocycles. The summed E-state index contributed by atoms with van der Waals surface area (Å²) in [5, 5.41) is 7.81. The minimum absolute atomic E-state index is 0.0615. The van der Waals surface area contributed by atoms with Crippen LogP contribution in [-0.4, -0.2) is 39.9 Å². The number of urea groups is 1. The Morgan fingerprint density at radius 1 is 1.12 bits per heavy atom. The molecule has 0 spiro atoms. The highest BCUT2D eigenvalue weighted by atomic mass is 16.5. The fourth-order valence-corrected chi connectivity index (χ4v) is 3.71. The molecule has 0 saturated heterocycles. The average molecular weight is 435 g/mol. The Balaban J connectivity index is 1.76. The molecule has 1 aliphatic rings. The molecule has 0 aliphatic heterocycles. The lowest BCUT2D eigenvalue weighted by Crippen LogP contribution is -2.43. The number of benzene rings is 2. The molecule has 0 radical (unpaired) electrons. The van der Waals surface area contributed by atoms with Crippen LogP contribution in [0.5, 0.6) is 17.4 Å². The summed E-state index contributed by atoms with van der Waals surface area (Å²) in [5.41, 5.74) is 2.66. The van der Waals surface area contributed by atoms with E-state index < -0.39 is 0 Å². The number of methoxy groups -OCH3 is 1. The SMILES string of the molecule is COc1ccccc1Oc1c(CN(C(=O)NC(C)C)C2CC2)c(-c2ccccc2)nn1C. The number of hydrogen-bond donors (Lipinski definition) is 1. The molecule has 2 aromatic carbocycles. The Kier molecular flexibility index (Phi) is 6.35. The molecule has 7 nitrogen and oxygen atoms in total. The van der Waals surface area contributed by atoms with Crippen LogP contribution in [0, 0.1) is 0 Å². The number of para-hydroxylation sites is 2. The van der Waals surface area contributed by atoms with E-state index in [1.165, 1.54) is 0 Å². The monoisotopic (exact) mass is 434 g/mol. The van der Waals surface area contributed by atoms with Crippen LogP contribution in [0.25, 0.3) is 11.3 Å². The summed E-state index contributed by atoms with van der Waals surface area (Å²) >= 11 is 0. The highest BCUT2D eigenvalue weighted by molar-refractivity contribution is 5.76. The standard InChI is InChI=1S/C25H30N4O3/c1-17(2)26-25(30)29(19-14-15-19)16-20-23(18-10-6-5-7-11-18)27-28(3)24(20)32-22-13-9-8-12-21(22)31-4/h5-13,17,19H,14-16H2,1-4H3,(H,26,30). The number of aromatic nitrogens is 2. The molecule has 4 rings (SSSR count). The maximum Gasteiger partial charge on any atom is 0.318 e. The maximum atomic E-state index is 13.0.